The lowest BCUT2D eigenvalue weighted by Crippen LogP contribution is -2.35. The summed E-state index contributed by atoms with van der Waals surface area (Å²) in [5.41, 5.74) is 6.02. The van der Waals surface area contributed by atoms with E-state index in [0.717, 1.165) is 55.3 Å². The van der Waals surface area contributed by atoms with E-state index in [1.54, 1.807) is 25.2 Å². The number of piperidine rings is 1. The number of carbonyl (C=O) groups excluding carboxylic acids is 1. The zero-order valence-corrected chi connectivity index (χ0v) is 19.7. The van der Waals surface area contributed by atoms with E-state index in [1.165, 1.54) is 11.3 Å². The number of hydrogen-bond donors (Lipinski definition) is 0. The molecule has 1 aromatic carbocycles. The van der Waals surface area contributed by atoms with Crippen LogP contribution >= 0.6 is 0 Å². The maximum atomic E-state index is 12.3. The molecule has 0 N–H and O–H groups in total. The smallest absolute Gasteiger partial charge is 0.256 e. The molecule has 7 heteroatoms. The lowest BCUT2D eigenvalue weighted by atomic mass is 9.96. The molecule has 0 aliphatic carbocycles. The van der Waals surface area contributed by atoms with Gasteiger partial charge in [0.05, 0.1) is 17.0 Å². The largest absolute Gasteiger partial charge is 0.345 e. The molecule has 2 aromatic heterocycles. The molecular formula is C25H32N6O. The molecule has 0 saturated carbocycles. The quantitative estimate of drug-likeness (QED) is 0.617. The van der Waals surface area contributed by atoms with Crippen molar-refractivity contribution in [1.29, 1.82) is 0 Å². The molecule has 32 heavy (non-hydrogen) atoms. The molecule has 3 heterocycles. The fourth-order valence-corrected chi connectivity index (χ4v) is 4.44. The summed E-state index contributed by atoms with van der Waals surface area (Å²) in [7, 11) is 5.51. The minimum Gasteiger partial charge on any atom is -0.345 e. The van der Waals surface area contributed by atoms with Crippen LogP contribution in [0, 0.1) is 13.8 Å². The molecule has 3 aromatic rings. The molecule has 1 atom stereocenters. The molecule has 1 amide bonds. The highest BCUT2D eigenvalue weighted by molar-refractivity contribution is 5.94. The van der Waals surface area contributed by atoms with Gasteiger partial charge < -0.3 is 4.90 Å². The highest BCUT2D eigenvalue weighted by Crippen LogP contribution is 2.30. The molecule has 4 rings (SSSR count). The topological polar surface area (TPSA) is 67.2 Å². The van der Waals surface area contributed by atoms with Crippen LogP contribution < -0.4 is 0 Å². The van der Waals surface area contributed by atoms with E-state index in [2.05, 4.69) is 41.1 Å². The first-order valence-corrected chi connectivity index (χ1v) is 11.2. The Labute approximate surface area is 190 Å². The molecule has 168 valence electrons. The van der Waals surface area contributed by atoms with Crippen molar-refractivity contribution < 1.29 is 4.79 Å². The summed E-state index contributed by atoms with van der Waals surface area (Å²) in [6, 6.07) is 10.4. The minimum absolute atomic E-state index is 0.0557. The summed E-state index contributed by atoms with van der Waals surface area (Å²) in [6.45, 7) is 6.85. The standard InChI is InChI=1S/C25H32N6O/c1-17-21(25(32)29(3)4)14-26-24(27-17)20-12-9-13-31(15-20)16-22-18(2)30(5)28-23(22)19-10-7-6-8-11-19/h6-8,10-11,14,20H,9,12-13,15-16H2,1-5H3/t20-/m1/s1. The first-order chi connectivity index (χ1) is 15.3. The van der Waals surface area contributed by atoms with Crippen LogP contribution in [0.15, 0.2) is 36.5 Å². The second-order valence-electron chi connectivity index (χ2n) is 8.90. The van der Waals surface area contributed by atoms with Crippen LogP contribution in [0.5, 0.6) is 0 Å². The van der Waals surface area contributed by atoms with Crippen molar-refractivity contribution in [3.05, 3.63) is 64.9 Å². The third-order valence-corrected chi connectivity index (χ3v) is 6.39. The highest BCUT2D eigenvalue weighted by Gasteiger charge is 2.26. The SMILES string of the molecule is Cc1nc([C@@H]2CCCN(Cc3c(-c4ccccc4)nn(C)c3C)C2)ncc1C(=O)N(C)C. The van der Waals surface area contributed by atoms with E-state index in [4.69, 9.17) is 10.1 Å². The third-order valence-electron chi connectivity index (χ3n) is 6.39. The zero-order valence-electron chi connectivity index (χ0n) is 19.7. The predicted molar refractivity (Wildman–Crippen MR) is 125 cm³/mol. The van der Waals surface area contributed by atoms with Gasteiger partial charge in [-0.15, -0.1) is 0 Å². The fourth-order valence-electron chi connectivity index (χ4n) is 4.44. The maximum Gasteiger partial charge on any atom is 0.256 e. The van der Waals surface area contributed by atoms with Crippen LogP contribution in [0.25, 0.3) is 11.3 Å². The molecule has 0 bridgehead atoms. The molecule has 1 aliphatic heterocycles. The van der Waals surface area contributed by atoms with Crippen LogP contribution in [0.1, 0.15) is 51.9 Å². The lowest BCUT2D eigenvalue weighted by molar-refractivity contribution is 0.0825. The number of rotatable bonds is 5. The molecule has 0 spiro atoms. The Balaban J connectivity index is 1.54. The first-order valence-electron chi connectivity index (χ1n) is 11.2. The first kappa shape index (κ1) is 22.1. The monoisotopic (exact) mass is 432 g/mol. The molecule has 7 nitrogen and oxygen atoms in total. The Morgan fingerprint density at radius 3 is 2.62 bits per heavy atom. The summed E-state index contributed by atoms with van der Waals surface area (Å²) in [5.74, 6) is 1.05. The number of nitrogens with zero attached hydrogens (tertiary/aromatic N) is 6. The van der Waals surface area contributed by atoms with Gasteiger partial charge in [0.2, 0.25) is 0 Å². The third kappa shape index (κ3) is 4.43. The number of benzene rings is 1. The van der Waals surface area contributed by atoms with Gasteiger partial charge in [0.15, 0.2) is 0 Å². The number of aryl methyl sites for hydroxylation is 2. The Kier molecular flexibility index (Phi) is 6.37. The molecule has 1 aliphatic rings. The van der Waals surface area contributed by atoms with Crippen molar-refractivity contribution in [3.8, 4) is 11.3 Å². The summed E-state index contributed by atoms with van der Waals surface area (Å²) in [6.07, 6.45) is 3.86. The van der Waals surface area contributed by atoms with Crippen molar-refractivity contribution in [3.63, 3.8) is 0 Å². The second-order valence-corrected chi connectivity index (χ2v) is 8.90. The summed E-state index contributed by atoms with van der Waals surface area (Å²) in [4.78, 5) is 25.7. The van der Waals surface area contributed by atoms with Crippen LogP contribution in [0.3, 0.4) is 0 Å². The Morgan fingerprint density at radius 1 is 1.19 bits per heavy atom. The number of aromatic nitrogens is 4. The van der Waals surface area contributed by atoms with Crippen LogP contribution in [-0.4, -0.2) is 62.6 Å². The van der Waals surface area contributed by atoms with Crippen molar-refractivity contribution in [2.45, 2.75) is 39.2 Å². The van der Waals surface area contributed by atoms with Crippen molar-refractivity contribution in [1.82, 2.24) is 29.5 Å². The van der Waals surface area contributed by atoms with Gasteiger partial charge in [-0.3, -0.25) is 14.4 Å². The number of carbonyl (C=O) groups is 1. The van der Waals surface area contributed by atoms with Crippen molar-refractivity contribution in [2.24, 2.45) is 7.05 Å². The van der Waals surface area contributed by atoms with Crippen molar-refractivity contribution in [2.75, 3.05) is 27.2 Å². The van der Waals surface area contributed by atoms with Gasteiger partial charge in [-0.2, -0.15) is 5.10 Å². The van der Waals surface area contributed by atoms with Gasteiger partial charge in [-0.1, -0.05) is 30.3 Å². The average Bonchev–Trinajstić information content (AvgIpc) is 3.07. The fraction of sp³-hybridized carbons (Fsp3) is 0.440. The molecule has 0 unspecified atom stereocenters. The maximum absolute atomic E-state index is 12.3. The number of likely N-dealkylation sites (tertiary alicyclic amines) is 1. The average molecular weight is 433 g/mol. The molecule has 1 fully saturated rings. The summed E-state index contributed by atoms with van der Waals surface area (Å²) >= 11 is 0. The Hall–Kier alpha value is -3.06. The normalized spacial score (nSPS) is 16.8. The summed E-state index contributed by atoms with van der Waals surface area (Å²) < 4.78 is 1.98. The van der Waals surface area contributed by atoms with Crippen LogP contribution in [0.4, 0.5) is 0 Å². The zero-order chi connectivity index (χ0) is 22.8. The summed E-state index contributed by atoms with van der Waals surface area (Å²) in [5, 5.41) is 4.80. The van der Waals surface area contributed by atoms with Crippen LogP contribution in [-0.2, 0) is 13.6 Å². The molecule has 0 radical (unpaired) electrons. The van der Waals surface area contributed by atoms with Gasteiger partial charge in [-0.05, 0) is 33.2 Å². The molecule has 1 saturated heterocycles. The van der Waals surface area contributed by atoms with E-state index in [1.807, 2.05) is 24.7 Å². The van der Waals surface area contributed by atoms with Gasteiger partial charge in [0.1, 0.15) is 5.82 Å². The van der Waals surface area contributed by atoms with Crippen LogP contribution in [0.2, 0.25) is 0 Å². The van der Waals surface area contributed by atoms with E-state index >= 15 is 0 Å². The Bertz CT molecular complexity index is 1110. The van der Waals surface area contributed by atoms with Gasteiger partial charge in [0.25, 0.3) is 5.91 Å². The Morgan fingerprint density at radius 2 is 1.94 bits per heavy atom. The molecular weight excluding hydrogens is 400 g/mol. The van der Waals surface area contributed by atoms with Gasteiger partial charge in [-0.25, -0.2) is 9.97 Å². The van der Waals surface area contributed by atoms with Gasteiger partial charge >= 0.3 is 0 Å². The minimum atomic E-state index is -0.0557. The highest BCUT2D eigenvalue weighted by atomic mass is 16.2. The van der Waals surface area contributed by atoms with E-state index in [0.29, 0.717) is 5.56 Å². The van der Waals surface area contributed by atoms with E-state index in [-0.39, 0.29) is 11.8 Å². The number of amides is 1. The lowest BCUT2D eigenvalue weighted by Gasteiger charge is -2.32. The predicted octanol–water partition coefficient (Wildman–Crippen LogP) is 3.58. The van der Waals surface area contributed by atoms with E-state index in [9.17, 15) is 4.79 Å². The second kappa shape index (κ2) is 9.20. The number of hydrogen-bond acceptors (Lipinski definition) is 5. The van der Waals surface area contributed by atoms with E-state index < -0.39 is 0 Å². The van der Waals surface area contributed by atoms with Gasteiger partial charge in [0, 0.05) is 63.2 Å². The van der Waals surface area contributed by atoms with Crippen molar-refractivity contribution >= 4 is 5.91 Å².